The van der Waals surface area contributed by atoms with Gasteiger partial charge in [0, 0.05) is 50.7 Å². The number of likely N-dealkylation sites (tertiary alicyclic amines) is 1. The summed E-state index contributed by atoms with van der Waals surface area (Å²) in [5.41, 5.74) is 1.15. The van der Waals surface area contributed by atoms with E-state index in [9.17, 15) is 4.79 Å². The lowest BCUT2D eigenvalue weighted by Crippen LogP contribution is -2.62. The molecule has 140 valence electrons. The molecule has 0 spiro atoms. The average Bonchev–Trinajstić information content (AvgIpc) is 3.02. The van der Waals surface area contributed by atoms with E-state index < -0.39 is 0 Å². The van der Waals surface area contributed by atoms with Gasteiger partial charge in [-0.2, -0.15) is 0 Å². The maximum Gasteiger partial charge on any atom is 0.289 e. The van der Waals surface area contributed by atoms with Gasteiger partial charge in [0.2, 0.25) is 0 Å². The van der Waals surface area contributed by atoms with Crippen LogP contribution in [0.3, 0.4) is 0 Å². The van der Waals surface area contributed by atoms with Crippen LogP contribution in [0.5, 0.6) is 0 Å². The van der Waals surface area contributed by atoms with Crippen molar-refractivity contribution in [3.8, 4) is 0 Å². The second-order valence-electron chi connectivity index (χ2n) is 6.89. The fourth-order valence-corrected chi connectivity index (χ4v) is 3.64. The van der Waals surface area contributed by atoms with Gasteiger partial charge in [-0.1, -0.05) is 20.8 Å². The molecule has 2 saturated heterocycles. The predicted octanol–water partition coefficient (Wildman–Crippen LogP) is 1.84. The number of furan rings is 1. The summed E-state index contributed by atoms with van der Waals surface area (Å²) in [5, 5.41) is 0. The summed E-state index contributed by atoms with van der Waals surface area (Å²) in [6.07, 6.45) is 0.820. The standard InChI is InChI=1S/C19H31N3O3/c1-4-17-15(12-20(5-2)6-3)11-18(25-17)19(23)22-13-16(14-22)21-7-9-24-10-8-21/h11,16H,4-10,12-14H2,1-3H3. The molecule has 0 unspecified atom stereocenters. The smallest absolute Gasteiger partial charge is 0.289 e. The number of carbonyl (C=O) groups excluding carboxylic acids is 1. The third-order valence-corrected chi connectivity index (χ3v) is 5.43. The molecule has 2 aliphatic heterocycles. The molecule has 6 nitrogen and oxygen atoms in total. The number of hydrogen-bond donors (Lipinski definition) is 0. The van der Waals surface area contributed by atoms with Gasteiger partial charge in [-0.05, 0) is 19.2 Å². The predicted molar refractivity (Wildman–Crippen MR) is 96.8 cm³/mol. The molecular weight excluding hydrogens is 318 g/mol. The maximum atomic E-state index is 12.7. The van der Waals surface area contributed by atoms with E-state index in [4.69, 9.17) is 9.15 Å². The fraction of sp³-hybridized carbons (Fsp3) is 0.737. The molecule has 1 aromatic rings. The molecule has 2 aliphatic rings. The lowest BCUT2D eigenvalue weighted by Gasteiger charge is -2.46. The van der Waals surface area contributed by atoms with Gasteiger partial charge in [-0.25, -0.2) is 0 Å². The van der Waals surface area contributed by atoms with Crippen molar-refractivity contribution in [2.45, 2.75) is 39.8 Å². The maximum absolute atomic E-state index is 12.7. The van der Waals surface area contributed by atoms with Crippen molar-refractivity contribution in [3.05, 3.63) is 23.2 Å². The van der Waals surface area contributed by atoms with Gasteiger partial charge in [-0.15, -0.1) is 0 Å². The molecule has 25 heavy (non-hydrogen) atoms. The van der Waals surface area contributed by atoms with E-state index in [1.54, 1.807) is 0 Å². The number of amides is 1. The second-order valence-corrected chi connectivity index (χ2v) is 6.89. The van der Waals surface area contributed by atoms with Crippen LogP contribution in [0.2, 0.25) is 0 Å². The summed E-state index contributed by atoms with van der Waals surface area (Å²) < 4.78 is 11.3. The van der Waals surface area contributed by atoms with Crippen LogP contribution in [0.25, 0.3) is 0 Å². The van der Waals surface area contributed by atoms with E-state index in [0.717, 1.165) is 76.8 Å². The van der Waals surface area contributed by atoms with E-state index in [0.29, 0.717) is 11.8 Å². The monoisotopic (exact) mass is 349 g/mol. The molecule has 0 radical (unpaired) electrons. The number of nitrogens with zero attached hydrogens (tertiary/aromatic N) is 3. The Morgan fingerprint density at radius 3 is 2.48 bits per heavy atom. The first-order valence-electron chi connectivity index (χ1n) is 9.61. The highest BCUT2D eigenvalue weighted by molar-refractivity contribution is 5.92. The Morgan fingerprint density at radius 1 is 1.20 bits per heavy atom. The average molecular weight is 349 g/mol. The molecule has 6 heteroatoms. The molecule has 1 aromatic heterocycles. The summed E-state index contributed by atoms with van der Waals surface area (Å²) in [7, 11) is 0. The molecule has 0 N–H and O–H groups in total. The van der Waals surface area contributed by atoms with Gasteiger partial charge in [0.1, 0.15) is 5.76 Å². The second kappa shape index (κ2) is 8.34. The Balaban J connectivity index is 1.60. The van der Waals surface area contributed by atoms with Crippen LogP contribution in [0.1, 0.15) is 42.6 Å². The first-order chi connectivity index (χ1) is 12.2. The largest absolute Gasteiger partial charge is 0.456 e. The number of ether oxygens (including phenoxy) is 1. The first kappa shape index (κ1) is 18.4. The van der Waals surface area contributed by atoms with E-state index in [1.807, 2.05) is 11.0 Å². The van der Waals surface area contributed by atoms with Crippen LogP contribution >= 0.6 is 0 Å². The van der Waals surface area contributed by atoms with Crippen LogP contribution in [0, 0.1) is 0 Å². The summed E-state index contributed by atoms with van der Waals surface area (Å²) in [6, 6.07) is 2.44. The number of morpholine rings is 1. The van der Waals surface area contributed by atoms with Crippen molar-refractivity contribution in [1.82, 2.24) is 14.7 Å². The molecule has 0 saturated carbocycles. The first-order valence-corrected chi connectivity index (χ1v) is 9.61. The lowest BCUT2D eigenvalue weighted by atomic mass is 10.1. The Hall–Kier alpha value is -1.37. The quantitative estimate of drug-likeness (QED) is 0.752. The number of rotatable bonds is 7. The molecule has 3 heterocycles. The van der Waals surface area contributed by atoms with Crippen LogP contribution in [0.4, 0.5) is 0 Å². The highest BCUT2D eigenvalue weighted by atomic mass is 16.5. The summed E-state index contributed by atoms with van der Waals surface area (Å²) in [6.45, 7) is 14.4. The van der Waals surface area contributed by atoms with Gasteiger partial charge in [0.25, 0.3) is 5.91 Å². The minimum absolute atomic E-state index is 0.0324. The number of aryl methyl sites for hydroxylation is 1. The van der Waals surface area contributed by atoms with Crippen molar-refractivity contribution in [2.75, 3.05) is 52.5 Å². The molecule has 1 amide bonds. The molecule has 0 bridgehead atoms. The van der Waals surface area contributed by atoms with Gasteiger partial charge in [0.15, 0.2) is 5.76 Å². The van der Waals surface area contributed by atoms with E-state index in [-0.39, 0.29) is 5.91 Å². The van der Waals surface area contributed by atoms with Gasteiger partial charge in [-0.3, -0.25) is 14.6 Å². The third kappa shape index (κ3) is 4.07. The Bertz CT molecular complexity index is 570. The van der Waals surface area contributed by atoms with Gasteiger partial charge < -0.3 is 14.1 Å². The minimum Gasteiger partial charge on any atom is -0.456 e. The highest BCUT2D eigenvalue weighted by Gasteiger charge is 2.37. The third-order valence-electron chi connectivity index (χ3n) is 5.43. The zero-order valence-corrected chi connectivity index (χ0v) is 15.8. The highest BCUT2D eigenvalue weighted by Crippen LogP contribution is 2.23. The van der Waals surface area contributed by atoms with Crippen LogP contribution in [-0.2, 0) is 17.7 Å². The molecule has 2 fully saturated rings. The molecule has 0 aliphatic carbocycles. The SMILES string of the molecule is CCc1oc(C(=O)N2CC(N3CCOCC3)C2)cc1CN(CC)CC. The van der Waals surface area contributed by atoms with Crippen LogP contribution < -0.4 is 0 Å². The topological polar surface area (TPSA) is 49.2 Å². The van der Waals surface area contributed by atoms with Crippen molar-refractivity contribution < 1.29 is 13.9 Å². The van der Waals surface area contributed by atoms with Crippen molar-refractivity contribution in [2.24, 2.45) is 0 Å². The lowest BCUT2D eigenvalue weighted by molar-refractivity contribution is -0.0264. The van der Waals surface area contributed by atoms with E-state index in [2.05, 4.69) is 30.6 Å². The number of carbonyl (C=O) groups is 1. The Kier molecular flexibility index (Phi) is 6.15. The van der Waals surface area contributed by atoms with Gasteiger partial charge in [0.05, 0.1) is 13.2 Å². The number of hydrogen-bond acceptors (Lipinski definition) is 5. The summed E-state index contributed by atoms with van der Waals surface area (Å²) in [4.78, 5) is 19.4. The van der Waals surface area contributed by atoms with E-state index in [1.165, 1.54) is 0 Å². The Labute approximate surface area is 150 Å². The molecule has 0 atom stereocenters. The van der Waals surface area contributed by atoms with Crippen LogP contribution in [0.15, 0.2) is 10.5 Å². The zero-order valence-electron chi connectivity index (χ0n) is 15.8. The Morgan fingerprint density at radius 2 is 1.88 bits per heavy atom. The minimum atomic E-state index is 0.0324. The molecule has 0 aromatic carbocycles. The molecule has 3 rings (SSSR count). The zero-order chi connectivity index (χ0) is 17.8. The van der Waals surface area contributed by atoms with Crippen molar-refractivity contribution in [3.63, 3.8) is 0 Å². The fourth-order valence-electron chi connectivity index (χ4n) is 3.64. The summed E-state index contributed by atoms with van der Waals surface area (Å²) in [5.74, 6) is 1.48. The van der Waals surface area contributed by atoms with Crippen LogP contribution in [-0.4, -0.2) is 79.1 Å². The van der Waals surface area contributed by atoms with E-state index >= 15 is 0 Å². The van der Waals surface area contributed by atoms with Gasteiger partial charge >= 0.3 is 0 Å². The van der Waals surface area contributed by atoms with Crippen molar-refractivity contribution in [1.29, 1.82) is 0 Å². The summed E-state index contributed by atoms with van der Waals surface area (Å²) >= 11 is 0. The molecular formula is C19H31N3O3. The van der Waals surface area contributed by atoms with Crippen molar-refractivity contribution >= 4 is 5.91 Å². The normalized spacial score (nSPS) is 19.4.